The number of Topliss-reactive ketones (excluding diaryl/α,β-unsaturated/α-hetero) is 1. The highest BCUT2D eigenvalue weighted by atomic mass is 16.5. The van der Waals surface area contributed by atoms with Crippen molar-refractivity contribution < 1.29 is 24.2 Å². The third kappa shape index (κ3) is 6.12. The van der Waals surface area contributed by atoms with E-state index in [-0.39, 0.29) is 11.3 Å². The summed E-state index contributed by atoms with van der Waals surface area (Å²) < 4.78 is 11.3. The molecule has 2 saturated heterocycles. The molecule has 2 fully saturated rings. The Labute approximate surface area is 212 Å². The molecule has 0 aliphatic carbocycles. The number of morpholine rings is 1. The molecule has 8 heteroatoms. The number of aromatic nitrogens is 1. The SMILES string of the molecule is CCCCCCOc1ccc(C2/C(=C(\O)c3ccncc3)C(=O)C(=O)N2CCN2CCOCC2)cc1. The van der Waals surface area contributed by atoms with Crippen LogP contribution in [0.1, 0.15) is 49.8 Å². The van der Waals surface area contributed by atoms with Crippen molar-refractivity contribution in [1.82, 2.24) is 14.8 Å². The number of ketones is 1. The molecular formula is C28H35N3O5. The smallest absolute Gasteiger partial charge is 0.295 e. The Morgan fingerprint density at radius 1 is 1.03 bits per heavy atom. The van der Waals surface area contributed by atoms with E-state index in [0.29, 0.717) is 38.5 Å². The van der Waals surface area contributed by atoms with E-state index in [9.17, 15) is 14.7 Å². The van der Waals surface area contributed by atoms with Crippen LogP contribution in [0, 0.1) is 0 Å². The number of ether oxygens (including phenoxy) is 2. The highest BCUT2D eigenvalue weighted by Gasteiger charge is 2.46. The Hall–Kier alpha value is -3.23. The van der Waals surface area contributed by atoms with E-state index in [2.05, 4.69) is 16.8 Å². The van der Waals surface area contributed by atoms with E-state index in [4.69, 9.17) is 9.47 Å². The van der Waals surface area contributed by atoms with Gasteiger partial charge in [-0.25, -0.2) is 0 Å². The van der Waals surface area contributed by atoms with Crippen LogP contribution < -0.4 is 4.74 Å². The average molecular weight is 494 g/mol. The first-order chi connectivity index (χ1) is 17.6. The molecule has 0 radical (unpaired) electrons. The van der Waals surface area contributed by atoms with Gasteiger partial charge in [0.2, 0.25) is 0 Å². The molecule has 2 aliphatic rings. The summed E-state index contributed by atoms with van der Waals surface area (Å²) in [7, 11) is 0. The van der Waals surface area contributed by atoms with Gasteiger partial charge in [-0.1, -0.05) is 38.3 Å². The molecule has 2 aliphatic heterocycles. The first-order valence-corrected chi connectivity index (χ1v) is 12.8. The Kier molecular flexibility index (Phi) is 9.08. The van der Waals surface area contributed by atoms with E-state index < -0.39 is 17.7 Å². The predicted molar refractivity (Wildman–Crippen MR) is 137 cm³/mol. The van der Waals surface area contributed by atoms with Crippen molar-refractivity contribution in [2.75, 3.05) is 46.0 Å². The Bertz CT molecular complexity index is 1050. The first kappa shape index (κ1) is 25.9. The lowest BCUT2D eigenvalue weighted by Crippen LogP contribution is -2.42. The van der Waals surface area contributed by atoms with Crippen LogP contribution in [0.15, 0.2) is 54.4 Å². The van der Waals surface area contributed by atoms with Crippen molar-refractivity contribution in [3.8, 4) is 5.75 Å². The molecule has 1 unspecified atom stereocenters. The van der Waals surface area contributed by atoms with E-state index >= 15 is 0 Å². The molecule has 1 aromatic heterocycles. The van der Waals surface area contributed by atoms with Crippen LogP contribution >= 0.6 is 0 Å². The molecule has 192 valence electrons. The maximum absolute atomic E-state index is 13.2. The number of benzene rings is 1. The third-order valence-electron chi connectivity index (χ3n) is 6.72. The van der Waals surface area contributed by atoms with Gasteiger partial charge in [-0.3, -0.25) is 19.5 Å². The minimum atomic E-state index is -0.683. The first-order valence-electron chi connectivity index (χ1n) is 12.8. The number of carbonyl (C=O) groups is 2. The number of likely N-dealkylation sites (tertiary alicyclic amines) is 1. The molecule has 3 heterocycles. The predicted octanol–water partition coefficient (Wildman–Crippen LogP) is 3.79. The fraction of sp³-hybridized carbons (Fsp3) is 0.464. The summed E-state index contributed by atoms with van der Waals surface area (Å²) in [6.07, 6.45) is 7.61. The molecule has 0 bridgehead atoms. The zero-order valence-corrected chi connectivity index (χ0v) is 20.9. The van der Waals surface area contributed by atoms with Gasteiger partial charge in [0.25, 0.3) is 11.7 Å². The van der Waals surface area contributed by atoms with Crippen LogP contribution in [0.25, 0.3) is 5.76 Å². The molecule has 0 saturated carbocycles. The lowest BCUT2D eigenvalue weighted by Gasteiger charge is -2.31. The number of aliphatic hydroxyl groups is 1. The minimum Gasteiger partial charge on any atom is -0.507 e. The van der Waals surface area contributed by atoms with Crippen molar-refractivity contribution in [2.24, 2.45) is 0 Å². The topological polar surface area (TPSA) is 92.2 Å². The molecule has 4 rings (SSSR count). The Balaban J connectivity index is 1.59. The molecule has 0 spiro atoms. The minimum absolute atomic E-state index is 0.0985. The molecule has 8 nitrogen and oxygen atoms in total. The molecule has 1 atom stereocenters. The summed E-state index contributed by atoms with van der Waals surface area (Å²) in [4.78, 5) is 34.1. The van der Waals surface area contributed by atoms with E-state index in [1.807, 2.05) is 24.3 Å². The molecular weight excluding hydrogens is 458 g/mol. The molecule has 2 aromatic rings. The average Bonchev–Trinajstić information content (AvgIpc) is 3.17. The third-order valence-corrected chi connectivity index (χ3v) is 6.72. The maximum Gasteiger partial charge on any atom is 0.295 e. The van der Waals surface area contributed by atoms with Gasteiger partial charge in [0.15, 0.2) is 0 Å². The Morgan fingerprint density at radius 3 is 2.44 bits per heavy atom. The normalized spacial score (nSPS) is 20.1. The fourth-order valence-corrected chi connectivity index (χ4v) is 4.66. The summed E-state index contributed by atoms with van der Waals surface area (Å²) >= 11 is 0. The van der Waals surface area contributed by atoms with Crippen molar-refractivity contribution in [1.29, 1.82) is 0 Å². The highest BCUT2D eigenvalue weighted by Crippen LogP contribution is 2.39. The van der Waals surface area contributed by atoms with Gasteiger partial charge in [-0.05, 0) is 36.2 Å². The van der Waals surface area contributed by atoms with Crippen molar-refractivity contribution >= 4 is 17.4 Å². The van der Waals surface area contributed by atoms with E-state index in [1.54, 1.807) is 29.4 Å². The van der Waals surface area contributed by atoms with Gasteiger partial charge in [0, 0.05) is 44.1 Å². The van der Waals surface area contributed by atoms with Crippen LogP contribution in [0.4, 0.5) is 0 Å². The van der Waals surface area contributed by atoms with Crippen molar-refractivity contribution in [3.05, 3.63) is 65.5 Å². The van der Waals surface area contributed by atoms with Crippen LogP contribution in [-0.4, -0.2) is 77.6 Å². The molecule has 1 amide bonds. The number of rotatable bonds is 11. The zero-order valence-electron chi connectivity index (χ0n) is 20.9. The lowest BCUT2D eigenvalue weighted by molar-refractivity contribution is -0.140. The number of unbranched alkanes of at least 4 members (excludes halogenated alkanes) is 3. The van der Waals surface area contributed by atoms with Gasteiger partial charge in [-0.15, -0.1) is 0 Å². The summed E-state index contributed by atoms with van der Waals surface area (Å²) in [6, 6.07) is 10.1. The number of nitrogens with zero attached hydrogens (tertiary/aromatic N) is 3. The van der Waals surface area contributed by atoms with Gasteiger partial charge in [0.05, 0.1) is 31.4 Å². The zero-order chi connectivity index (χ0) is 25.3. The number of amides is 1. The number of carbonyl (C=O) groups excluding carboxylic acids is 2. The lowest BCUT2D eigenvalue weighted by atomic mass is 9.95. The number of aliphatic hydroxyl groups excluding tert-OH is 1. The van der Waals surface area contributed by atoms with E-state index in [0.717, 1.165) is 37.2 Å². The van der Waals surface area contributed by atoms with Gasteiger partial charge in [0.1, 0.15) is 11.5 Å². The van der Waals surface area contributed by atoms with Gasteiger partial charge < -0.3 is 19.5 Å². The molecule has 1 aromatic carbocycles. The summed E-state index contributed by atoms with van der Waals surface area (Å²) in [5.74, 6) is -0.715. The van der Waals surface area contributed by atoms with Gasteiger partial charge >= 0.3 is 0 Å². The number of hydrogen-bond donors (Lipinski definition) is 1. The van der Waals surface area contributed by atoms with Crippen molar-refractivity contribution in [2.45, 2.75) is 38.6 Å². The highest BCUT2D eigenvalue weighted by molar-refractivity contribution is 6.46. The summed E-state index contributed by atoms with van der Waals surface area (Å²) in [5.41, 5.74) is 1.31. The van der Waals surface area contributed by atoms with Crippen LogP contribution in [-0.2, 0) is 14.3 Å². The second-order valence-corrected chi connectivity index (χ2v) is 9.16. The van der Waals surface area contributed by atoms with Crippen LogP contribution in [0.2, 0.25) is 0 Å². The molecule has 1 N–H and O–H groups in total. The largest absolute Gasteiger partial charge is 0.507 e. The second kappa shape index (κ2) is 12.6. The van der Waals surface area contributed by atoms with Crippen LogP contribution in [0.3, 0.4) is 0 Å². The summed E-state index contributed by atoms with van der Waals surface area (Å²) in [5, 5.41) is 11.1. The van der Waals surface area contributed by atoms with Gasteiger partial charge in [-0.2, -0.15) is 0 Å². The quantitative estimate of drug-likeness (QED) is 0.220. The van der Waals surface area contributed by atoms with E-state index in [1.165, 1.54) is 12.8 Å². The summed E-state index contributed by atoms with van der Waals surface area (Å²) in [6.45, 7) is 6.72. The number of pyridine rings is 1. The maximum atomic E-state index is 13.2. The van der Waals surface area contributed by atoms with Crippen molar-refractivity contribution in [3.63, 3.8) is 0 Å². The standard InChI is InChI=1S/C28H35N3O5/c1-2-3-4-5-18-36-23-8-6-21(7-9-23)25-24(26(32)22-10-12-29-13-11-22)27(33)28(34)31(25)15-14-30-16-19-35-20-17-30/h6-13,25,32H,2-5,14-20H2,1H3/b26-24+. The Morgan fingerprint density at radius 2 is 1.75 bits per heavy atom. The fourth-order valence-electron chi connectivity index (χ4n) is 4.66. The van der Waals surface area contributed by atoms with Crippen LogP contribution in [0.5, 0.6) is 5.75 Å². The monoisotopic (exact) mass is 493 g/mol. The number of hydrogen-bond acceptors (Lipinski definition) is 7. The second-order valence-electron chi connectivity index (χ2n) is 9.16. The molecule has 36 heavy (non-hydrogen) atoms.